The highest BCUT2D eigenvalue weighted by molar-refractivity contribution is 7.80. The van der Waals surface area contributed by atoms with Gasteiger partial charge in [0.15, 0.2) is 0 Å². The van der Waals surface area contributed by atoms with Gasteiger partial charge in [-0.15, -0.1) is 0 Å². The van der Waals surface area contributed by atoms with Crippen molar-refractivity contribution in [3.05, 3.63) is 0 Å². The van der Waals surface area contributed by atoms with Crippen LogP contribution in [-0.4, -0.2) is 26.7 Å². The molecule has 0 heterocycles. The minimum atomic E-state index is 0.299. The minimum Gasteiger partial charge on any atom is -0.390 e. The number of hydrogen-bond donors (Lipinski definition) is 1. The zero-order valence-electron chi connectivity index (χ0n) is 4.14. The Morgan fingerprint density at radius 3 is 2.50 bits per heavy atom. The quantitative estimate of drug-likeness (QED) is 0.367. The van der Waals surface area contributed by atoms with Gasteiger partial charge in [0.05, 0.1) is 0 Å². The summed E-state index contributed by atoms with van der Waals surface area (Å²) in [5, 5.41) is 0. The number of methoxy groups -OCH3 is 1. The van der Waals surface area contributed by atoms with Crippen LogP contribution in [0.2, 0.25) is 0 Å². The van der Waals surface area contributed by atoms with Gasteiger partial charge in [0.25, 0.3) is 0 Å². The molecule has 3 heteroatoms. The van der Waals surface area contributed by atoms with Gasteiger partial charge in [0.1, 0.15) is 7.85 Å². The number of hydrogen-bond acceptors (Lipinski definition) is 2. The fraction of sp³-hybridized carbons (Fsp3) is 1.00. The average Bonchev–Trinajstić information content (AvgIpc) is 1.65. The van der Waals surface area contributed by atoms with E-state index in [1.807, 2.05) is 7.85 Å². The minimum absolute atomic E-state index is 0.299. The van der Waals surface area contributed by atoms with E-state index in [4.69, 9.17) is 4.74 Å². The van der Waals surface area contributed by atoms with Crippen molar-refractivity contribution in [2.75, 3.05) is 12.9 Å². The molecule has 0 aliphatic carbocycles. The van der Waals surface area contributed by atoms with Crippen LogP contribution in [0, 0.1) is 0 Å². The molecule has 0 aliphatic heterocycles. The van der Waals surface area contributed by atoms with Crippen LogP contribution in [0.25, 0.3) is 0 Å². The van der Waals surface area contributed by atoms with Crippen LogP contribution >= 0.6 is 12.6 Å². The zero-order chi connectivity index (χ0) is 4.99. The lowest BCUT2D eigenvalue weighted by atomic mass is 10.0. The fourth-order valence-corrected chi connectivity index (χ4v) is 0.224. The molecule has 1 atom stereocenters. The van der Waals surface area contributed by atoms with E-state index in [2.05, 4.69) is 12.6 Å². The lowest BCUT2D eigenvalue weighted by Gasteiger charge is -2.00. The maximum Gasteiger partial charge on any atom is 0.140 e. The molecule has 0 aromatic heterocycles. The van der Waals surface area contributed by atoms with Crippen LogP contribution in [0.5, 0.6) is 0 Å². The molecule has 0 bridgehead atoms. The van der Waals surface area contributed by atoms with E-state index in [1.54, 1.807) is 7.11 Å². The molecule has 0 saturated carbocycles. The summed E-state index contributed by atoms with van der Waals surface area (Å²) in [4.78, 5) is 0. The highest BCUT2D eigenvalue weighted by Crippen LogP contribution is 1.82. The van der Waals surface area contributed by atoms with Crippen LogP contribution in [-0.2, 0) is 4.74 Å². The Hall–Kier alpha value is 0.375. The molecule has 0 rings (SSSR count). The molecule has 0 amide bonds. The summed E-state index contributed by atoms with van der Waals surface area (Å²) in [5.41, 5.74) is 0. The number of rotatable bonds is 2. The maximum absolute atomic E-state index is 4.82. The van der Waals surface area contributed by atoms with Gasteiger partial charge in [-0.25, -0.2) is 0 Å². The molecular formula is C3H9BOS. The van der Waals surface area contributed by atoms with Gasteiger partial charge in [-0.05, 0) is 0 Å². The second-order valence-corrected chi connectivity index (χ2v) is 1.59. The molecule has 0 fully saturated rings. The fourth-order valence-electron chi connectivity index (χ4n) is 0.0745. The van der Waals surface area contributed by atoms with Crippen molar-refractivity contribution in [2.24, 2.45) is 0 Å². The van der Waals surface area contributed by atoms with Crippen LogP contribution < -0.4 is 0 Å². The molecule has 6 heavy (non-hydrogen) atoms. The first kappa shape index (κ1) is 6.37. The summed E-state index contributed by atoms with van der Waals surface area (Å²) >= 11 is 3.97. The molecule has 0 spiro atoms. The van der Waals surface area contributed by atoms with Crippen molar-refractivity contribution in [1.82, 2.24) is 0 Å². The Labute approximate surface area is 44.9 Å². The van der Waals surface area contributed by atoms with E-state index >= 15 is 0 Å². The summed E-state index contributed by atoms with van der Waals surface area (Å²) < 4.78 is 4.82. The first-order chi connectivity index (χ1) is 2.81. The molecule has 0 aromatic carbocycles. The predicted octanol–water partition coefficient (Wildman–Crippen LogP) is -0.478. The van der Waals surface area contributed by atoms with Crippen LogP contribution in [0.3, 0.4) is 0 Å². The molecule has 1 unspecified atom stereocenters. The van der Waals surface area contributed by atoms with Crippen molar-refractivity contribution >= 4 is 20.5 Å². The average molecular weight is 104 g/mol. The highest BCUT2D eigenvalue weighted by atomic mass is 32.1. The standard InChI is InChI=1S/C3H9BOS/c1-5-3(4)2-6/h3,6H,2,4H2,1H3. The molecule has 0 aliphatic rings. The summed E-state index contributed by atoms with van der Waals surface area (Å²) in [6.07, 6.45) is 0. The third kappa shape index (κ3) is 2.60. The lowest BCUT2D eigenvalue weighted by Crippen LogP contribution is -2.10. The van der Waals surface area contributed by atoms with E-state index in [0.29, 0.717) is 6.00 Å². The van der Waals surface area contributed by atoms with E-state index in [9.17, 15) is 0 Å². The van der Waals surface area contributed by atoms with Crippen LogP contribution in [0.1, 0.15) is 0 Å². The Morgan fingerprint density at radius 1 is 2.00 bits per heavy atom. The number of ether oxygens (including phenoxy) is 1. The van der Waals surface area contributed by atoms with Gasteiger partial charge in [-0.2, -0.15) is 12.6 Å². The summed E-state index contributed by atoms with van der Waals surface area (Å²) in [6.45, 7) is 0. The van der Waals surface area contributed by atoms with E-state index in [1.165, 1.54) is 0 Å². The first-order valence-corrected chi connectivity index (χ1v) is 2.58. The van der Waals surface area contributed by atoms with Gasteiger partial charge < -0.3 is 4.74 Å². The van der Waals surface area contributed by atoms with E-state index in [-0.39, 0.29) is 0 Å². The monoisotopic (exact) mass is 104 g/mol. The van der Waals surface area contributed by atoms with Gasteiger partial charge in [-0.3, -0.25) is 0 Å². The molecule has 1 nitrogen and oxygen atoms in total. The molecule has 0 N–H and O–H groups in total. The van der Waals surface area contributed by atoms with Crippen molar-refractivity contribution < 1.29 is 4.74 Å². The molecule has 0 radical (unpaired) electrons. The normalized spacial score (nSPS) is 14.3. The van der Waals surface area contributed by atoms with Gasteiger partial charge in [0.2, 0.25) is 0 Å². The second-order valence-electron chi connectivity index (χ2n) is 1.23. The Morgan fingerprint density at radius 2 is 2.50 bits per heavy atom. The van der Waals surface area contributed by atoms with Crippen molar-refractivity contribution in [3.63, 3.8) is 0 Å². The summed E-state index contributed by atoms with van der Waals surface area (Å²) in [7, 11) is 3.66. The third-order valence-corrected chi connectivity index (χ3v) is 1.17. The zero-order valence-corrected chi connectivity index (χ0v) is 5.03. The number of thiol groups is 1. The third-order valence-electron chi connectivity index (χ3n) is 0.659. The predicted molar refractivity (Wildman–Crippen MR) is 33.2 cm³/mol. The lowest BCUT2D eigenvalue weighted by molar-refractivity contribution is 0.185. The van der Waals surface area contributed by atoms with Crippen LogP contribution in [0.15, 0.2) is 0 Å². The van der Waals surface area contributed by atoms with Crippen molar-refractivity contribution in [3.8, 4) is 0 Å². The van der Waals surface area contributed by atoms with Gasteiger partial charge >= 0.3 is 0 Å². The topological polar surface area (TPSA) is 9.23 Å². The smallest absolute Gasteiger partial charge is 0.140 e. The molecule has 0 aromatic rings. The molecular weight excluding hydrogens is 94.9 g/mol. The largest absolute Gasteiger partial charge is 0.390 e. The van der Waals surface area contributed by atoms with Crippen LogP contribution in [0.4, 0.5) is 0 Å². The molecule has 36 valence electrons. The Kier molecular flexibility index (Phi) is 3.78. The second kappa shape index (κ2) is 3.56. The van der Waals surface area contributed by atoms with Gasteiger partial charge in [0, 0.05) is 18.9 Å². The Bertz CT molecular complexity index is 30.0. The highest BCUT2D eigenvalue weighted by Gasteiger charge is 1.89. The van der Waals surface area contributed by atoms with Gasteiger partial charge in [-0.1, -0.05) is 0 Å². The molecule has 0 saturated heterocycles. The SMILES string of the molecule is BC(CS)OC. The van der Waals surface area contributed by atoms with E-state index in [0.717, 1.165) is 5.75 Å². The Balaban J connectivity index is 2.75. The van der Waals surface area contributed by atoms with E-state index < -0.39 is 0 Å². The maximum atomic E-state index is 4.82. The summed E-state index contributed by atoms with van der Waals surface area (Å²) in [6, 6.07) is 0.299. The van der Waals surface area contributed by atoms with Crippen molar-refractivity contribution in [1.29, 1.82) is 0 Å². The first-order valence-electron chi connectivity index (χ1n) is 1.95. The summed E-state index contributed by atoms with van der Waals surface area (Å²) in [5.74, 6) is 0.802. The van der Waals surface area contributed by atoms with Crippen molar-refractivity contribution in [2.45, 2.75) is 6.00 Å².